The van der Waals surface area contributed by atoms with Crippen molar-refractivity contribution >= 4 is 44.8 Å². The minimum Gasteiger partial charge on any atom is -0.344 e. The Morgan fingerprint density at radius 3 is 2.52 bits per heavy atom. The van der Waals surface area contributed by atoms with Gasteiger partial charge in [-0.25, -0.2) is 17.8 Å². The fourth-order valence-electron chi connectivity index (χ4n) is 2.34. The number of hydrogen-bond acceptors (Lipinski definition) is 4. The highest BCUT2D eigenvalue weighted by molar-refractivity contribution is 7.89. The highest BCUT2D eigenvalue weighted by Gasteiger charge is 2.42. The third kappa shape index (κ3) is 5.00. The van der Waals surface area contributed by atoms with Crippen LogP contribution in [0.2, 0.25) is 10.2 Å². The van der Waals surface area contributed by atoms with Gasteiger partial charge in [0.05, 0.1) is 10.7 Å². The number of anilines is 1. The molecular formula is C15H14Cl2F4N4O3S. The molecule has 1 atom stereocenters. The summed E-state index contributed by atoms with van der Waals surface area (Å²) in [7, 11) is -3.47. The van der Waals surface area contributed by atoms with Gasteiger partial charge in [-0.05, 0) is 12.5 Å². The van der Waals surface area contributed by atoms with E-state index in [-0.39, 0.29) is 5.69 Å². The molecule has 2 rings (SSSR count). The summed E-state index contributed by atoms with van der Waals surface area (Å²) in [5.41, 5.74) is -0.766. The number of nitrogens with one attached hydrogen (secondary N) is 2. The van der Waals surface area contributed by atoms with Crippen molar-refractivity contribution in [3.05, 3.63) is 40.1 Å². The zero-order chi connectivity index (χ0) is 22.1. The van der Waals surface area contributed by atoms with Crippen LogP contribution in [-0.2, 0) is 17.1 Å². The van der Waals surface area contributed by atoms with Gasteiger partial charge < -0.3 is 9.88 Å². The number of rotatable bonds is 6. The Morgan fingerprint density at radius 2 is 1.97 bits per heavy atom. The Labute approximate surface area is 173 Å². The predicted molar refractivity (Wildman–Crippen MR) is 98.0 cm³/mol. The minimum absolute atomic E-state index is 0.349. The first-order valence-electron chi connectivity index (χ1n) is 7.84. The van der Waals surface area contributed by atoms with Gasteiger partial charge in [-0.3, -0.25) is 4.79 Å². The number of nitrogens with zero attached hydrogens (tertiary/aromatic N) is 2. The number of pyridine rings is 1. The van der Waals surface area contributed by atoms with Crippen LogP contribution in [0.15, 0.2) is 23.4 Å². The molecule has 2 heterocycles. The first kappa shape index (κ1) is 23.4. The van der Waals surface area contributed by atoms with E-state index in [1.807, 2.05) is 0 Å². The fraction of sp³-hybridized carbons (Fsp3) is 0.333. The lowest BCUT2D eigenvalue weighted by Gasteiger charge is -2.19. The van der Waals surface area contributed by atoms with Crippen molar-refractivity contribution in [2.75, 3.05) is 5.32 Å². The summed E-state index contributed by atoms with van der Waals surface area (Å²) in [6.45, 7) is 1.15. The molecular weight excluding hydrogens is 463 g/mol. The smallest absolute Gasteiger partial charge is 0.344 e. The molecule has 1 unspecified atom stereocenters. The molecule has 2 aromatic rings. The lowest BCUT2D eigenvalue weighted by Crippen LogP contribution is -2.44. The first-order valence-corrected chi connectivity index (χ1v) is 10.1. The van der Waals surface area contributed by atoms with Gasteiger partial charge in [0.15, 0.2) is 11.0 Å². The molecule has 2 N–H and O–H groups in total. The molecule has 14 heteroatoms. The lowest BCUT2D eigenvalue weighted by atomic mass is 10.2. The maximum Gasteiger partial charge on any atom is 0.404 e. The average Bonchev–Trinajstić information content (AvgIpc) is 2.91. The maximum absolute atomic E-state index is 13.9. The van der Waals surface area contributed by atoms with Gasteiger partial charge in [0, 0.05) is 19.4 Å². The second kappa shape index (κ2) is 8.46. The molecule has 29 heavy (non-hydrogen) atoms. The second-order valence-corrected chi connectivity index (χ2v) is 8.23. The topological polar surface area (TPSA) is 93.1 Å². The monoisotopic (exact) mass is 476 g/mol. The molecule has 0 saturated heterocycles. The molecule has 0 aromatic carbocycles. The summed E-state index contributed by atoms with van der Waals surface area (Å²) in [6.07, 6.45) is -3.38. The van der Waals surface area contributed by atoms with Crippen molar-refractivity contribution in [1.82, 2.24) is 14.3 Å². The van der Waals surface area contributed by atoms with Gasteiger partial charge in [-0.1, -0.05) is 30.1 Å². The summed E-state index contributed by atoms with van der Waals surface area (Å²) < 4.78 is 79.9. The van der Waals surface area contributed by atoms with Gasteiger partial charge in [0.2, 0.25) is 10.0 Å². The third-order valence-electron chi connectivity index (χ3n) is 3.79. The van der Waals surface area contributed by atoms with Crippen LogP contribution in [0.1, 0.15) is 23.8 Å². The van der Waals surface area contributed by atoms with Crippen LogP contribution < -0.4 is 10.0 Å². The minimum atomic E-state index is -4.82. The van der Waals surface area contributed by atoms with Gasteiger partial charge >= 0.3 is 6.18 Å². The Hall–Kier alpha value is -1.89. The highest BCUT2D eigenvalue weighted by Crippen LogP contribution is 2.30. The molecule has 0 aliphatic carbocycles. The number of carbonyl (C=O) groups is 1. The average molecular weight is 477 g/mol. The van der Waals surface area contributed by atoms with Gasteiger partial charge in [-0.15, -0.1) is 0 Å². The summed E-state index contributed by atoms with van der Waals surface area (Å²) >= 11 is 11.5. The van der Waals surface area contributed by atoms with E-state index in [1.54, 1.807) is 0 Å². The van der Waals surface area contributed by atoms with E-state index in [0.717, 1.165) is 30.0 Å². The number of aromatic nitrogens is 2. The quantitative estimate of drug-likeness (QED) is 0.490. The molecule has 0 aliphatic rings. The van der Waals surface area contributed by atoms with Crippen molar-refractivity contribution in [2.45, 2.75) is 30.5 Å². The lowest BCUT2D eigenvalue weighted by molar-refractivity contribution is -0.151. The number of aryl methyl sites for hydroxylation is 1. The zero-order valence-electron chi connectivity index (χ0n) is 14.8. The third-order valence-corrected chi connectivity index (χ3v) is 6.03. The number of alkyl halides is 3. The Kier molecular flexibility index (Phi) is 6.82. The van der Waals surface area contributed by atoms with E-state index in [0.29, 0.717) is 0 Å². The fourth-order valence-corrected chi connectivity index (χ4v) is 4.51. The van der Waals surface area contributed by atoms with E-state index in [2.05, 4.69) is 10.3 Å². The van der Waals surface area contributed by atoms with Gasteiger partial charge in [-0.2, -0.15) is 17.9 Å². The van der Waals surface area contributed by atoms with Crippen molar-refractivity contribution in [1.29, 1.82) is 0 Å². The molecule has 7 nitrogen and oxygen atoms in total. The molecule has 0 fully saturated rings. The van der Waals surface area contributed by atoms with Crippen LogP contribution >= 0.6 is 23.2 Å². The normalized spacial score (nSPS) is 13.4. The van der Waals surface area contributed by atoms with Crippen LogP contribution in [0.25, 0.3) is 0 Å². The second-order valence-electron chi connectivity index (χ2n) is 5.81. The molecule has 0 bridgehead atoms. The maximum atomic E-state index is 13.9. The molecule has 0 saturated carbocycles. The zero-order valence-corrected chi connectivity index (χ0v) is 17.1. The van der Waals surface area contributed by atoms with Crippen LogP contribution in [0.4, 0.5) is 23.2 Å². The van der Waals surface area contributed by atoms with E-state index < -0.39 is 61.2 Å². The molecule has 0 spiro atoms. The van der Waals surface area contributed by atoms with Crippen LogP contribution in [-0.4, -0.2) is 36.1 Å². The van der Waals surface area contributed by atoms with Gasteiger partial charge in [0.1, 0.15) is 16.6 Å². The van der Waals surface area contributed by atoms with Gasteiger partial charge in [0.25, 0.3) is 5.91 Å². The first-order chi connectivity index (χ1) is 13.3. The Bertz CT molecular complexity index is 1040. The van der Waals surface area contributed by atoms with Crippen LogP contribution in [0, 0.1) is 5.82 Å². The number of amides is 1. The van der Waals surface area contributed by atoms with Crippen LogP contribution in [0.3, 0.4) is 0 Å². The molecule has 160 valence electrons. The Morgan fingerprint density at radius 1 is 1.34 bits per heavy atom. The SMILES string of the molecule is CCC(NS(=O)(=O)c1cn(C)c(C(=O)Nc2ccnc(Cl)c2F)c1Cl)C(F)(F)F. The van der Waals surface area contributed by atoms with Crippen molar-refractivity contribution < 1.29 is 30.8 Å². The van der Waals surface area contributed by atoms with E-state index in [1.165, 1.54) is 11.8 Å². The highest BCUT2D eigenvalue weighted by atomic mass is 35.5. The molecule has 0 aliphatic heterocycles. The van der Waals surface area contributed by atoms with Crippen molar-refractivity contribution in [2.24, 2.45) is 7.05 Å². The number of carbonyl (C=O) groups excluding carboxylic acids is 1. The Balaban J connectivity index is 2.39. The van der Waals surface area contributed by atoms with E-state index >= 15 is 0 Å². The molecule has 0 radical (unpaired) electrons. The summed E-state index contributed by atoms with van der Waals surface area (Å²) in [5.74, 6) is -2.04. The number of halogens is 6. The number of hydrogen-bond donors (Lipinski definition) is 2. The summed E-state index contributed by atoms with van der Waals surface area (Å²) in [5, 5.41) is 1.01. The van der Waals surface area contributed by atoms with Crippen molar-refractivity contribution in [3.63, 3.8) is 0 Å². The van der Waals surface area contributed by atoms with Crippen LogP contribution in [0.5, 0.6) is 0 Å². The van der Waals surface area contributed by atoms with E-state index in [9.17, 15) is 30.8 Å². The number of sulfonamides is 1. The summed E-state index contributed by atoms with van der Waals surface area (Å²) in [6, 6.07) is -1.24. The standard InChI is InChI=1S/C15H14Cl2F4N4O3S/c1-3-9(15(19,20)21)24-29(27,28)8-6-25(2)12(10(8)16)14(26)23-7-4-5-22-13(17)11(7)18/h4-6,9,24H,3H2,1-2H3,(H,22,23,26). The largest absolute Gasteiger partial charge is 0.404 e. The molecule has 2 aromatic heterocycles. The van der Waals surface area contributed by atoms with E-state index in [4.69, 9.17) is 23.2 Å². The predicted octanol–water partition coefficient (Wildman–Crippen LogP) is 3.74. The molecule has 1 amide bonds. The van der Waals surface area contributed by atoms with Crippen molar-refractivity contribution in [3.8, 4) is 0 Å². The summed E-state index contributed by atoms with van der Waals surface area (Å²) in [4.78, 5) is 15.2.